The molecule has 0 aliphatic rings. The Hall–Kier alpha value is 0.00377. The molecule has 0 N–H and O–H groups in total. The molecule has 21 heavy (non-hydrogen) atoms. The number of halogens is 5. The molecule has 0 amide bonds. The summed E-state index contributed by atoms with van der Waals surface area (Å²) in [6, 6.07) is 2.22. The first-order chi connectivity index (χ1) is 9.47. The van der Waals surface area contributed by atoms with Gasteiger partial charge in [0.2, 0.25) is 0 Å². The van der Waals surface area contributed by atoms with Crippen molar-refractivity contribution >= 4 is 17.8 Å². The normalized spacial score (nSPS) is 14.3. The topological polar surface area (TPSA) is 18.5 Å². The number of alkyl halides is 5. The van der Waals surface area contributed by atoms with Crippen LogP contribution in [0.5, 0.6) is 0 Å². The van der Waals surface area contributed by atoms with Gasteiger partial charge in [-0.05, 0) is 19.0 Å². The molecule has 0 saturated heterocycles. The van der Waals surface area contributed by atoms with Gasteiger partial charge in [0.1, 0.15) is 0 Å². The molecule has 128 valence electrons. The van der Waals surface area contributed by atoms with Gasteiger partial charge in [-0.2, -0.15) is 22.0 Å². The van der Waals surface area contributed by atoms with Gasteiger partial charge in [0.25, 0.3) is 0 Å². The summed E-state index contributed by atoms with van der Waals surface area (Å²) in [5.74, 6) is 0. The van der Waals surface area contributed by atoms with E-state index in [0.29, 0.717) is 12.7 Å². The van der Waals surface area contributed by atoms with Crippen LogP contribution in [0.25, 0.3) is 0 Å². The summed E-state index contributed by atoms with van der Waals surface area (Å²) in [4.78, 5) is 0. The zero-order valence-corrected chi connectivity index (χ0v) is 15.3. The summed E-state index contributed by atoms with van der Waals surface area (Å²) in [5.41, 5.74) is 0. The molecular weight excluding hydrogens is 327 g/mol. The van der Waals surface area contributed by atoms with E-state index in [4.69, 9.17) is 4.43 Å². The quantitative estimate of drug-likeness (QED) is 0.315. The summed E-state index contributed by atoms with van der Waals surface area (Å²) in [7, 11) is -2.32. The lowest BCUT2D eigenvalue weighted by molar-refractivity contribution is -0.252. The first-order valence-corrected chi connectivity index (χ1v) is 12.1. The predicted molar refractivity (Wildman–Crippen MR) is 78.3 cm³/mol. The highest BCUT2D eigenvalue weighted by Gasteiger charge is 2.35. The molecule has 0 saturated carbocycles. The summed E-state index contributed by atoms with van der Waals surface area (Å²) < 4.78 is 71.9. The Bertz CT molecular complexity index is 285. The third-order valence-corrected chi connectivity index (χ3v) is 8.49. The molecule has 9 heteroatoms. The molecule has 0 aromatic carbocycles. The first kappa shape index (κ1) is 21.0. The van der Waals surface area contributed by atoms with E-state index in [1.54, 1.807) is 0 Å². The second kappa shape index (κ2) is 9.21. The van der Waals surface area contributed by atoms with Gasteiger partial charge < -0.3 is 9.16 Å². The van der Waals surface area contributed by atoms with Crippen LogP contribution in [0.1, 0.15) is 19.8 Å². The molecule has 0 aromatic rings. The maximum atomic E-state index is 13.4. The minimum Gasteiger partial charge on any atom is -0.424 e. The van der Waals surface area contributed by atoms with Crippen LogP contribution in [0, 0.1) is 0 Å². The van der Waals surface area contributed by atoms with E-state index in [-0.39, 0.29) is 0 Å². The van der Waals surface area contributed by atoms with Crippen molar-refractivity contribution in [3.8, 4) is 0 Å². The van der Waals surface area contributed by atoms with Crippen molar-refractivity contribution in [2.24, 2.45) is 0 Å². The number of hydrogen-bond donors (Lipinski definition) is 0. The zero-order chi connectivity index (χ0) is 16.6. The van der Waals surface area contributed by atoms with Crippen LogP contribution in [0.3, 0.4) is 0 Å². The molecule has 0 heterocycles. The third-order valence-electron chi connectivity index (χ3n) is 3.14. The Morgan fingerprint density at radius 1 is 1.00 bits per heavy atom. The van der Waals surface area contributed by atoms with Crippen molar-refractivity contribution in [3.05, 3.63) is 0 Å². The summed E-state index contributed by atoms with van der Waals surface area (Å²) >= 11 is 0. The minimum atomic E-state index is -4.46. The summed E-state index contributed by atoms with van der Waals surface area (Å²) in [6.45, 7) is 5.65. The van der Waals surface area contributed by atoms with Gasteiger partial charge in [-0.15, -0.1) is 0 Å². The molecule has 0 fully saturated rings. The smallest absolute Gasteiger partial charge is 0.391 e. The Balaban J connectivity index is 3.98. The second-order valence-corrected chi connectivity index (χ2v) is 12.7. The molecule has 0 aliphatic carbocycles. The van der Waals surface area contributed by atoms with Crippen LogP contribution in [0.2, 0.25) is 31.2 Å². The number of ether oxygens (including phenoxy) is 1. The van der Waals surface area contributed by atoms with Crippen molar-refractivity contribution < 1.29 is 31.1 Å². The van der Waals surface area contributed by atoms with Crippen LogP contribution in [-0.4, -0.2) is 43.3 Å². The van der Waals surface area contributed by atoms with E-state index >= 15 is 0 Å². The minimum absolute atomic E-state index is 0.340. The Morgan fingerprint density at radius 3 is 2.14 bits per heavy atom. The van der Waals surface area contributed by atoms with Gasteiger partial charge in [-0.1, -0.05) is 19.1 Å². The molecule has 0 atom stereocenters. The lowest BCUT2D eigenvalue weighted by atomic mass is 10.4. The average Bonchev–Trinajstić information content (AvgIpc) is 2.31. The maximum absolute atomic E-state index is 13.4. The molecule has 0 unspecified atom stereocenters. The van der Waals surface area contributed by atoms with Gasteiger partial charge in [0.15, 0.2) is 9.76 Å². The molecule has 0 aliphatic heterocycles. The van der Waals surface area contributed by atoms with E-state index in [2.05, 4.69) is 4.74 Å². The van der Waals surface area contributed by atoms with Gasteiger partial charge in [-0.25, -0.2) is 0 Å². The van der Waals surface area contributed by atoms with Gasteiger partial charge >= 0.3 is 12.3 Å². The maximum Gasteiger partial charge on any atom is 0.391 e. The fourth-order valence-corrected chi connectivity index (χ4v) is 7.91. The van der Waals surface area contributed by atoms with E-state index in [9.17, 15) is 22.0 Å². The molecule has 0 bridgehead atoms. The van der Waals surface area contributed by atoms with Crippen molar-refractivity contribution in [2.45, 2.75) is 63.3 Å². The molecule has 0 radical (unpaired) electrons. The first-order valence-electron chi connectivity index (χ1n) is 7.14. The monoisotopic (exact) mass is 352 g/mol. The van der Waals surface area contributed by atoms with Gasteiger partial charge in [0.05, 0.1) is 13.0 Å². The van der Waals surface area contributed by atoms with Crippen LogP contribution >= 0.6 is 0 Å². The van der Waals surface area contributed by atoms with E-state index in [1.165, 1.54) is 0 Å². The third kappa shape index (κ3) is 13.4. The van der Waals surface area contributed by atoms with Crippen LogP contribution in [0.15, 0.2) is 0 Å². The largest absolute Gasteiger partial charge is 0.424 e. The Kier molecular flexibility index (Phi) is 9.21. The lowest BCUT2D eigenvalue weighted by Gasteiger charge is -2.25. The average molecular weight is 352 g/mol. The Morgan fingerprint density at radius 2 is 1.62 bits per heavy atom. The highest BCUT2D eigenvalue weighted by Crippen LogP contribution is 2.30. The second-order valence-electron chi connectivity index (χ2n) is 5.82. The number of rotatable bonds is 11. The standard InChI is InChI=1S/C12H25F5O2Si2/c1-4-19-20-8-10-21(2,3)9-6-12(16,17)18-7-5-11(13,14)15/h4-10,20H2,1-3H3. The molecule has 0 rings (SSSR count). The molecule has 0 aromatic heterocycles. The summed E-state index contributed by atoms with van der Waals surface area (Å²) in [5, 5.41) is 0. The number of hydrogen-bond acceptors (Lipinski definition) is 2. The fraction of sp³-hybridized carbons (Fsp3) is 1.00. The van der Waals surface area contributed by atoms with Crippen LogP contribution in [-0.2, 0) is 9.16 Å². The van der Waals surface area contributed by atoms with Crippen molar-refractivity contribution in [3.63, 3.8) is 0 Å². The van der Waals surface area contributed by atoms with Crippen molar-refractivity contribution in [1.82, 2.24) is 0 Å². The van der Waals surface area contributed by atoms with Crippen molar-refractivity contribution in [2.75, 3.05) is 13.2 Å². The van der Waals surface area contributed by atoms with E-state index < -0.39 is 49.6 Å². The van der Waals surface area contributed by atoms with Gasteiger partial charge in [-0.3, -0.25) is 0 Å². The summed E-state index contributed by atoms with van der Waals surface area (Å²) in [6.07, 6.45) is -9.77. The highest BCUT2D eigenvalue weighted by molar-refractivity contribution is 6.77. The SMILES string of the molecule is CCO[SiH2]CC[Si](C)(C)CCC(F)(F)OCCC(F)(F)F. The van der Waals surface area contributed by atoms with Crippen LogP contribution < -0.4 is 0 Å². The van der Waals surface area contributed by atoms with Gasteiger partial charge in [0, 0.05) is 21.1 Å². The molecular formula is C12H25F5O2Si2. The fourth-order valence-electron chi connectivity index (χ4n) is 1.79. The van der Waals surface area contributed by atoms with Crippen molar-refractivity contribution in [1.29, 1.82) is 0 Å². The predicted octanol–water partition coefficient (Wildman–Crippen LogP) is 4.19. The Labute approximate surface area is 126 Å². The molecule has 2 nitrogen and oxygen atoms in total. The van der Waals surface area contributed by atoms with E-state index in [0.717, 1.165) is 12.1 Å². The lowest BCUT2D eigenvalue weighted by Crippen LogP contribution is -2.31. The van der Waals surface area contributed by atoms with E-state index in [1.807, 2.05) is 20.0 Å². The highest BCUT2D eigenvalue weighted by atomic mass is 28.3. The molecule has 0 spiro atoms. The van der Waals surface area contributed by atoms with Crippen LogP contribution in [0.4, 0.5) is 22.0 Å². The zero-order valence-electron chi connectivity index (χ0n) is 12.9.